The Labute approximate surface area is 83.7 Å². The van der Waals surface area contributed by atoms with Gasteiger partial charge in [-0.15, -0.1) is 5.10 Å². The summed E-state index contributed by atoms with van der Waals surface area (Å²) in [7, 11) is 0. The van der Waals surface area contributed by atoms with Crippen LogP contribution in [0.15, 0.2) is 18.6 Å². The lowest BCUT2D eigenvalue weighted by molar-refractivity contribution is 0.402. The Balaban J connectivity index is 2.01. The van der Waals surface area contributed by atoms with E-state index in [2.05, 4.69) is 20.5 Å². The smallest absolute Gasteiger partial charge is 0.149 e. The summed E-state index contributed by atoms with van der Waals surface area (Å²) in [4.78, 5) is 3.98. The minimum Gasteiger partial charge on any atom is -0.366 e. The van der Waals surface area contributed by atoms with Crippen LogP contribution in [0.25, 0.3) is 5.69 Å². The van der Waals surface area contributed by atoms with Crippen LogP contribution in [0.4, 0.5) is 4.39 Å². The molecule has 7 heteroatoms. The van der Waals surface area contributed by atoms with E-state index in [1.165, 1.54) is 23.3 Å². The molecule has 0 aromatic carbocycles. The van der Waals surface area contributed by atoms with Crippen LogP contribution in [0.2, 0.25) is 0 Å². The summed E-state index contributed by atoms with van der Waals surface area (Å²) in [5.74, 6) is -0.398. The van der Waals surface area contributed by atoms with Crippen molar-refractivity contribution < 1.29 is 9.13 Å². The Bertz CT molecular complexity index is 482. The van der Waals surface area contributed by atoms with Crippen molar-refractivity contribution >= 4 is 0 Å². The fourth-order valence-corrected chi connectivity index (χ4v) is 1.29. The van der Waals surface area contributed by atoms with Crippen LogP contribution in [-0.4, -0.2) is 31.8 Å². The molecule has 2 aromatic heterocycles. The van der Waals surface area contributed by atoms with Crippen molar-refractivity contribution in [3.05, 3.63) is 30.1 Å². The van der Waals surface area contributed by atoms with Crippen LogP contribution in [-0.2, 0) is 4.74 Å². The standard InChI is InChI=1S/C8H6FN5O/c9-6-1-5(14-4-11-12-13-14)2-10-8(6)7-3-15-7/h1-2,4,7H,3H2. The number of halogens is 1. The van der Waals surface area contributed by atoms with E-state index in [0.717, 1.165) is 0 Å². The Morgan fingerprint density at radius 1 is 1.53 bits per heavy atom. The van der Waals surface area contributed by atoms with E-state index in [0.29, 0.717) is 18.0 Å². The molecule has 1 aliphatic heterocycles. The Morgan fingerprint density at radius 2 is 2.40 bits per heavy atom. The summed E-state index contributed by atoms with van der Waals surface area (Å²) in [6.07, 6.45) is 2.70. The molecule has 3 rings (SSSR count). The normalized spacial score (nSPS) is 19.1. The van der Waals surface area contributed by atoms with Gasteiger partial charge in [0.05, 0.1) is 18.5 Å². The molecular formula is C8H6FN5O. The molecule has 0 bridgehead atoms. The number of rotatable bonds is 2. The number of pyridine rings is 1. The molecule has 0 radical (unpaired) electrons. The molecular weight excluding hydrogens is 201 g/mol. The first-order chi connectivity index (χ1) is 7.34. The van der Waals surface area contributed by atoms with Crippen LogP contribution < -0.4 is 0 Å². The van der Waals surface area contributed by atoms with Gasteiger partial charge in [-0.1, -0.05) is 0 Å². The molecule has 1 aliphatic rings. The molecule has 1 fully saturated rings. The third-order valence-electron chi connectivity index (χ3n) is 2.11. The van der Waals surface area contributed by atoms with Crippen LogP contribution in [0, 0.1) is 5.82 Å². The maximum Gasteiger partial charge on any atom is 0.149 e. The molecule has 2 aromatic rings. The second-order valence-corrected chi connectivity index (χ2v) is 3.14. The van der Waals surface area contributed by atoms with Gasteiger partial charge in [-0.2, -0.15) is 4.68 Å². The Morgan fingerprint density at radius 3 is 3.00 bits per heavy atom. The van der Waals surface area contributed by atoms with Crippen LogP contribution in [0.1, 0.15) is 11.8 Å². The van der Waals surface area contributed by atoms with Gasteiger partial charge >= 0.3 is 0 Å². The summed E-state index contributed by atoms with van der Waals surface area (Å²) < 4.78 is 19.8. The van der Waals surface area contributed by atoms with Crippen LogP contribution >= 0.6 is 0 Å². The molecule has 15 heavy (non-hydrogen) atoms. The van der Waals surface area contributed by atoms with E-state index >= 15 is 0 Å². The second kappa shape index (κ2) is 3.06. The lowest BCUT2D eigenvalue weighted by Gasteiger charge is -2.01. The van der Waals surface area contributed by atoms with Crippen molar-refractivity contribution in [3.63, 3.8) is 0 Å². The number of nitrogens with zero attached hydrogens (tertiary/aromatic N) is 5. The first-order valence-electron chi connectivity index (χ1n) is 4.35. The molecule has 0 amide bonds. The maximum absolute atomic E-state index is 13.5. The van der Waals surface area contributed by atoms with Crippen molar-refractivity contribution in [1.82, 2.24) is 25.2 Å². The van der Waals surface area contributed by atoms with Crippen molar-refractivity contribution in [2.75, 3.05) is 6.61 Å². The molecule has 0 aliphatic carbocycles. The first-order valence-corrected chi connectivity index (χ1v) is 4.35. The van der Waals surface area contributed by atoms with Gasteiger partial charge in [0.15, 0.2) is 0 Å². The summed E-state index contributed by atoms with van der Waals surface area (Å²) in [5.41, 5.74) is 0.828. The third-order valence-corrected chi connectivity index (χ3v) is 2.11. The van der Waals surface area contributed by atoms with Gasteiger partial charge in [0, 0.05) is 6.07 Å². The molecule has 1 atom stereocenters. The highest BCUT2D eigenvalue weighted by molar-refractivity contribution is 5.30. The number of aromatic nitrogens is 5. The number of ether oxygens (including phenoxy) is 1. The number of tetrazole rings is 1. The lowest BCUT2D eigenvalue weighted by Crippen LogP contribution is -2.00. The highest BCUT2D eigenvalue weighted by Crippen LogP contribution is 2.30. The van der Waals surface area contributed by atoms with Crippen molar-refractivity contribution in [2.24, 2.45) is 0 Å². The fourth-order valence-electron chi connectivity index (χ4n) is 1.29. The predicted molar refractivity (Wildman–Crippen MR) is 45.6 cm³/mol. The zero-order valence-corrected chi connectivity index (χ0v) is 7.54. The predicted octanol–water partition coefficient (Wildman–Crippen LogP) is 0.268. The van der Waals surface area contributed by atoms with Crippen LogP contribution in [0.5, 0.6) is 0 Å². The number of epoxide rings is 1. The zero-order chi connectivity index (χ0) is 10.3. The average molecular weight is 207 g/mol. The summed E-state index contributed by atoms with van der Waals surface area (Å²) >= 11 is 0. The first kappa shape index (κ1) is 8.42. The molecule has 1 unspecified atom stereocenters. The molecule has 76 valence electrons. The SMILES string of the molecule is Fc1cc(-n2cnnn2)cnc1C1CO1. The summed E-state index contributed by atoms with van der Waals surface area (Å²) in [6.45, 7) is 0.536. The number of hydrogen-bond acceptors (Lipinski definition) is 5. The summed E-state index contributed by atoms with van der Waals surface area (Å²) in [6, 6.07) is 1.33. The van der Waals surface area contributed by atoms with Gasteiger partial charge < -0.3 is 4.74 Å². The van der Waals surface area contributed by atoms with Gasteiger partial charge in [0.25, 0.3) is 0 Å². The van der Waals surface area contributed by atoms with E-state index in [1.54, 1.807) is 0 Å². The van der Waals surface area contributed by atoms with E-state index in [1.807, 2.05) is 0 Å². The molecule has 1 saturated heterocycles. The third kappa shape index (κ3) is 1.46. The van der Waals surface area contributed by atoms with E-state index < -0.39 is 5.82 Å². The Kier molecular flexibility index (Phi) is 1.72. The molecule has 0 saturated carbocycles. The molecule has 0 spiro atoms. The Hall–Kier alpha value is -1.89. The second-order valence-electron chi connectivity index (χ2n) is 3.14. The van der Waals surface area contributed by atoms with Gasteiger partial charge in [-0.05, 0) is 10.4 Å². The van der Waals surface area contributed by atoms with E-state index in [4.69, 9.17) is 4.74 Å². The van der Waals surface area contributed by atoms with E-state index in [9.17, 15) is 4.39 Å². The van der Waals surface area contributed by atoms with Gasteiger partial charge in [-0.25, -0.2) is 4.39 Å². The number of hydrogen-bond donors (Lipinski definition) is 0. The average Bonchev–Trinajstić information content (AvgIpc) is 2.93. The lowest BCUT2D eigenvalue weighted by atomic mass is 10.2. The van der Waals surface area contributed by atoms with Gasteiger partial charge in [-0.3, -0.25) is 4.98 Å². The highest BCUT2D eigenvalue weighted by atomic mass is 19.1. The largest absolute Gasteiger partial charge is 0.366 e. The molecule has 6 nitrogen and oxygen atoms in total. The van der Waals surface area contributed by atoms with Gasteiger partial charge in [0.1, 0.15) is 23.9 Å². The van der Waals surface area contributed by atoms with Crippen molar-refractivity contribution in [3.8, 4) is 5.69 Å². The topological polar surface area (TPSA) is 69.0 Å². The van der Waals surface area contributed by atoms with Crippen LogP contribution in [0.3, 0.4) is 0 Å². The highest BCUT2D eigenvalue weighted by Gasteiger charge is 2.29. The maximum atomic E-state index is 13.5. The minimum absolute atomic E-state index is 0.187. The van der Waals surface area contributed by atoms with E-state index in [-0.39, 0.29) is 6.10 Å². The van der Waals surface area contributed by atoms with Crippen molar-refractivity contribution in [2.45, 2.75) is 6.10 Å². The zero-order valence-electron chi connectivity index (χ0n) is 7.54. The summed E-state index contributed by atoms with van der Waals surface area (Å²) in [5, 5.41) is 10.5. The minimum atomic E-state index is -0.398. The van der Waals surface area contributed by atoms with Gasteiger partial charge in [0.2, 0.25) is 0 Å². The molecule has 3 heterocycles. The van der Waals surface area contributed by atoms with Crippen molar-refractivity contribution in [1.29, 1.82) is 0 Å². The fraction of sp³-hybridized carbons (Fsp3) is 0.250. The monoisotopic (exact) mass is 207 g/mol. The quantitative estimate of drug-likeness (QED) is 0.661. The molecule has 0 N–H and O–H groups in total.